The molecule has 0 radical (unpaired) electrons. The van der Waals surface area contributed by atoms with Crippen molar-refractivity contribution in [3.8, 4) is 0 Å². The van der Waals surface area contributed by atoms with Gasteiger partial charge in [-0.1, -0.05) is 6.92 Å². The number of likely N-dealkylation sites (tertiary alicyclic amines) is 1. The topological polar surface area (TPSA) is 52.6 Å². The van der Waals surface area contributed by atoms with Crippen LogP contribution in [0, 0.1) is 5.92 Å². The maximum atomic E-state index is 12.1. The first-order valence-corrected chi connectivity index (χ1v) is 8.15. The third-order valence-electron chi connectivity index (χ3n) is 4.25. The molecule has 4 nitrogen and oxygen atoms in total. The molecule has 4 atom stereocenters. The largest absolute Gasteiger partial charge is 0.391 e. The van der Waals surface area contributed by atoms with Crippen LogP contribution in [0.4, 0.5) is 4.79 Å². The molecule has 2 amide bonds. The Hall–Kier alpha value is -0.420. The van der Waals surface area contributed by atoms with Crippen LogP contribution in [0.15, 0.2) is 0 Å². The van der Waals surface area contributed by atoms with Crippen molar-refractivity contribution in [1.82, 2.24) is 10.2 Å². The van der Waals surface area contributed by atoms with Crippen LogP contribution < -0.4 is 5.32 Å². The van der Waals surface area contributed by atoms with Crippen molar-refractivity contribution in [3.05, 3.63) is 0 Å². The van der Waals surface area contributed by atoms with Crippen LogP contribution in [-0.4, -0.2) is 52.8 Å². The Kier molecular flexibility index (Phi) is 4.78. The minimum Gasteiger partial charge on any atom is -0.391 e. The number of hydrogen-bond acceptors (Lipinski definition) is 3. The highest BCUT2D eigenvalue weighted by Crippen LogP contribution is 2.28. The number of aliphatic hydroxyl groups excluding tert-OH is 1. The summed E-state index contributed by atoms with van der Waals surface area (Å²) in [5, 5.41) is 13.6. The second-order valence-corrected chi connectivity index (χ2v) is 6.73. The van der Waals surface area contributed by atoms with Gasteiger partial charge in [0.2, 0.25) is 0 Å². The van der Waals surface area contributed by atoms with Gasteiger partial charge in [0.05, 0.1) is 6.10 Å². The molecule has 18 heavy (non-hydrogen) atoms. The molecule has 1 saturated heterocycles. The van der Waals surface area contributed by atoms with Crippen LogP contribution >= 0.6 is 11.8 Å². The van der Waals surface area contributed by atoms with E-state index in [1.54, 1.807) is 4.90 Å². The minimum absolute atomic E-state index is 0.00713. The van der Waals surface area contributed by atoms with E-state index < -0.39 is 0 Å². The second kappa shape index (κ2) is 6.15. The van der Waals surface area contributed by atoms with E-state index in [0.717, 1.165) is 25.8 Å². The number of hydrogen-bond donors (Lipinski definition) is 2. The molecule has 1 heterocycles. The van der Waals surface area contributed by atoms with Crippen LogP contribution in [0.5, 0.6) is 0 Å². The number of urea groups is 1. The predicted molar refractivity (Wildman–Crippen MR) is 74.8 cm³/mol. The lowest BCUT2D eigenvalue weighted by Gasteiger charge is -2.34. The van der Waals surface area contributed by atoms with Gasteiger partial charge in [-0.25, -0.2) is 4.79 Å². The Morgan fingerprint density at radius 3 is 2.78 bits per heavy atom. The molecule has 4 unspecified atom stereocenters. The van der Waals surface area contributed by atoms with Gasteiger partial charge in [-0.05, 0) is 37.9 Å². The fraction of sp³-hybridized carbons (Fsp3) is 0.923. The number of carbonyl (C=O) groups excluding carboxylic acids is 1. The molecule has 0 aromatic heterocycles. The van der Waals surface area contributed by atoms with E-state index in [-0.39, 0.29) is 12.1 Å². The van der Waals surface area contributed by atoms with Crippen molar-refractivity contribution in [3.63, 3.8) is 0 Å². The normalized spacial score (nSPS) is 36.7. The summed E-state index contributed by atoms with van der Waals surface area (Å²) in [5.41, 5.74) is 0. The van der Waals surface area contributed by atoms with E-state index >= 15 is 0 Å². The predicted octanol–water partition coefficient (Wildman–Crippen LogP) is 1.68. The van der Waals surface area contributed by atoms with E-state index in [1.165, 1.54) is 6.42 Å². The lowest BCUT2D eigenvalue weighted by molar-refractivity contribution is 0.0430. The lowest BCUT2D eigenvalue weighted by atomic mass is 9.96. The first-order valence-electron chi connectivity index (χ1n) is 6.86. The van der Waals surface area contributed by atoms with Gasteiger partial charge in [-0.2, -0.15) is 11.8 Å². The second-order valence-electron chi connectivity index (χ2n) is 5.60. The molecule has 104 valence electrons. The molecule has 2 aliphatic rings. The molecule has 2 rings (SSSR count). The molecule has 1 aliphatic heterocycles. The molecule has 2 fully saturated rings. The monoisotopic (exact) mass is 272 g/mol. The number of amides is 2. The quantitative estimate of drug-likeness (QED) is 0.804. The number of nitrogens with one attached hydrogen (secondary N) is 1. The van der Waals surface area contributed by atoms with Crippen molar-refractivity contribution in [1.29, 1.82) is 0 Å². The molecule has 1 aliphatic carbocycles. The van der Waals surface area contributed by atoms with Crippen molar-refractivity contribution < 1.29 is 9.90 Å². The Bertz CT molecular complexity index is 301. The Morgan fingerprint density at radius 2 is 2.17 bits per heavy atom. The third kappa shape index (κ3) is 3.32. The highest BCUT2D eigenvalue weighted by atomic mass is 32.2. The zero-order valence-corrected chi connectivity index (χ0v) is 12.1. The zero-order valence-electron chi connectivity index (χ0n) is 11.3. The summed E-state index contributed by atoms with van der Waals surface area (Å²) in [6.07, 6.45) is 6.03. The van der Waals surface area contributed by atoms with Gasteiger partial charge < -0.3 is 15.3 Å². The van der Waals surface area contributed by atoms with Crippen molar-refractivity contribution in [2.45, 2.75) is 50.0 Å². The van der Waals surface area contributed by atoms with Gasteiger partial charge in [0, 0.05) is 24.4 Å². The Morgan fingerprint density at radius 1 is 1.39 bits per heavy atom. The molecule has 5 heteroatoms. The van der Waals surface area contributed by atoms with Crippen molar-refractivity contribution in [2.75, 3.05) is 19.3 Å². The van der Waals surface area contributed by atoms with Crippen molar-refractivity contribution in [2.24, 2.45) is 5.92 Å². The average Bonchev–Trinajstić information content (AvgIpc) is 2.80. The smallest absolute Gasteiger partial charge is 0.317 e. The Balaban J connectivity index is 1.78. The number of piperidine rings is 1. The van der Waals surface area contributed by atoms with Gasteiger partial charge in [0.15, 0.2) is 0 Å². The number of thioether (sulfide) groups is 1. The van der Waals surface area contributed by atoms with Gasteiger partial charge in [0.25, 0.3) is 0 Å². The fourth-order valence-corrected chi connectivity index (χ4v) is 3.58. The lowest BCUT2D eigenvalue weighted by Crippen LogP contribution is -2.51. The van der Waals surface area contributed by atoms with Gasteiger partial charge in [-0.3, -0.25) is 0 Å². The van der Waals surface area contributed by atoms with E-state index in [2.05, 4.69) is 11.6 Å². The summed E-state index contributed by atoms with van der Waals surface area (Å²) in [6.45, 7) is 3.29. The fourth-order valence-electron chi connectivity index (χ4n) is 2.78. The summed E-state index contributed by atoms with van der Waals surface area (Å²) in [7, 11) is 0. The number of rotatable bonds is 2. The summed E-state index contributed by atoms with van der Waals surface area (Å²) < 4.78 is 0. The molecule has 2 N–H and O–H groups in total. The van der Waals surface area contributed by atoms with Crippen molar-refractivity contribution >= 4 is 17.8 Å². The van der Waals surface area contributed by atoms with Crippen LogP contribution in [0.3, 0.4) is 0 Å². The van der Waals surface area contributed by atoms with Crippen LogP contribution in [0.25, 0.3) is 0 Å². The number of carbonyl (C=O) groups is 1. The summed E-state index contributed by atoms with van der Waals surface area (Å²) in [5.74, 6) is 0.307. The van der Waals surface area contributed by atoms with Crippen LogP contribution in [0.2, 0.25) is 0 Å². The summed E-state index contributed by atoms with van der Waals surface area (Å²) >= 11 is 1.89. The maximum Gasteiger partial charge on any atom is 0.317 e. The Labute approximate surface area is 113 Å². The molecule has 0 spiro atoms. The van der Waals surface area contributed by atoms with Gasteiger partial charge in [-0.15, -0.1) is 0 Å². The molecular weight excluding hydrogens is 248 g/mol. The molecule has 1 saturated carbocycles. The molecular formula is C13H24N2O2S. The van der Waals surface area contributed by atoms with Crippen LogP contribution in [-0.2, 0) is 0 Å². The third-order valence-corrected chi connectivity index (χ3v) is 5.35. The first kappa shape index (κ1) is 14.0. The zero-order chi connectivity index (χ0) is 13.1. The van der Waals surface area contributed by atoms with Gasteiger partial charge in [0.1, 0.15) is 0 Å². The maximum absolute atomic E-state index is 12.1. The molecule has 0 bridgehead atoms. The average molecular weight is 272 g/mol. The minimum atomic E-state index is -0.368. The van der Waals surface area contributed by atoms with E-state index in [9.17, 15) is 9.90 Å². The standard InChI is InChI=1S/C13H24N2O2S/c1-9-5-6-15(8-12(9)16)13(17)14-10-3-4-11(7-10)18-2/h9-12,16H,3-8H2,1-2H3,(H,14,17). The highest BCUT2D eigenvalue weighted by molar-refractivity contribution is 7.99. The molecule has 0 aromatic carbocycles. The summed E-state index contributed by atoms with van der Waals surface area (Å²) in [6, 6.07) is 0.333. The molecule has 0 aromatic rings. The summed E-state index contributed by atoms with van der Waals surface area (Å²) in [4.78, 5) is 13.9. The van der Waals surface area contributed by atoms with Gasteiger partial charge >= 0.3 is 6.03 Å². The highest BCUT2D eigenvalue weighted by Gasteiger charge is 2.30. The van der Waals surface area contributed by atoms with Crippen LogP contribution in [0.1, 0.15) is 32.6 Å². The first-order chi connectivity index (χ1) is 8.60. The van der Waals surface area contributed by atoms with E-state index in [4.69, 9.17) is 0 Å². The van der Waals surface area contributed by atoms with E-state index in [1.807, 2.05) is 18.7 Å². The number of aliphatic hydroxyl groups is 1. The number of β-amino-alcohol motifs (C(OH)–C–C–N with tert-alkyl or cyclic N) is 1. The number of nitrogens with zero attached hydrogens (tertiary/aromatic N) is 1. The van der Waals surface area contributed by atoms with E-state index in [0.29, 0.717) is 23.8 Å². The SMILES string of the molecule is CSC1CCC(NC(=O)N2CCC(C)C(O)C2)C1.